The zero-order valence-corrected chi connectivity index (χ0v) is 12.9. The number of hydrogen-bond acceptors (Lipinski definition) is 2. The van der Waals surface area contributed by atoms with Crippen molar-refractivity contribution in [2.75, 3.05) is 20.1 Å². The molecule has 106 valence electrons. The van der Waals surface area contributed by atoms with E-state index in [-0.39, 0.29) is 18.3 Å². The molecule has 0 saturated carbocycles. The molecule has 1 aromatic rings. The Bertz CT molecular complexity index is 443. The Labute approximate surface area is 125 Å². The van der Waals surface area contributed by atoms with Gasteiger partial charge in [-0.3, -0.25) is 4.79 Å². The second-order valence-electron chi connectivity index (χ2n) is 4.81. The number of piperidine rings is 1. The molecule has 2 rings (SSSR count). The highest BCUT2D eigenvalue weighted by Crippen LogP contribution is 2.19. The largest absolute Gasteiger partial charge is 0.339 e. The number of halogens is 2. The molecule has 5 heteroatoms. The fraction of sp³-hybridized carbons (Fsp3) is 0.500. The predicted molar refractivity (Wildman–Crippen MR) is 81.4 cm³/mol. The summed E-state index contributed by atoms with van der Waals surface area (Å²) in [4.78, 5) is 14.3. The van der Waals surface area contributed by atoms with Crippen molar-refractivity contribution < 1.29 is 4.79 Å². The Kier molecular flexibility index (Phi) is 6.11. The monoisotopic (exact) mass is 302 g/mol. The van der Waals surface area contributed by atoms with Gasteiger partial charge in [0.1, 0.15) is 0 Å². The number of hydrogen-bond donors (Lipinski definition) is 1. The molecule has 0 aliphatic carbocycles. The zero-order chi connectivity index (χ0) is 13.1. The molecule has 19 heavy (non-hydrogen) atoms. The highest BCUT2D eigenvalue weighted by atomic mass is 35.5. The van der Waals surface area contributed by atoms with Crippen LogP contribution in [0.4, 0.5) is 0 Å². The summed E-state index contributed by atoms with van der Waals surface area (Å²) in [5, 5.41) is 3.95. The quantitative estimate of drug-likeness (QED) is 0.911. The van der Waals surface area contributed by atoms with Gasteiger partial charge in [-0.2, -0.15) is 0 Å². The lowest BCUT2D eigenvalue weighted by atomic mass is 10.0. The molecule has 1 aliphatic rings. The molecular weight excluding hydrogens is 283 g/mol. The molecule has 0 bridgehead atoms. The normalized spacial score (nSPS) is 16.1. The summed E-state index contributed by atoms with van der Waals surface area (Å²) in [7, 11) is 1.98. The summed E-state index contributed by atoms with van der Waals surface area (Å²) in [5.74, 6) is 0.124. The van der Waals surface area contributed by atoms with Crippen molar-refractivity contribution in [2.24, 2.45) is 0 Å². The maximum atomic E-state index is 12.4. The van der Waals surface area contributed by atoms with Gasteiger partial charge in [0.2, 0.25) is 0 Å². The lowest BCUT2D eigenvalue weighted by molar-refractivity contribution is 0.0706. The number of nitrogens with one attached hydrogen (secondary N) is 1. The van der Waals surface area contributed by atoms with Gasteiger partial charge in [0.15, 0.2) is 0 Å². The average molecular weight is 303 g/mol. The molecule has 1 heterocycles. The molecular formula is C14H20Cl2N2O. The fourth-order valence-electron chi connectivity index (χ4n) is 2.41. The number of benzene rings is 1. The number of likely N-dealkylation sites (tertiary alicyclic amines) is 1. The lowest BCUT2D eigenvalue weighted by Crippen LogP contribution is -2.44. The summed E-state index contributed by atoms with van der Waals surface area (Å²) >= 11 is 5.91. The second-order valence-corrected chi connectivity index (χ2v) is 5.25. The van der Waals surface area contributed by atoms with E-state index in [2.05, 4.69) is 5.32 Å². The van der Waals surface area contributed by atoms with Crippen LogP contribution in [0.15, 0.2) is 18.2 Å². The van der Waals surface area contributed by atoms with Crippen molar-refractivity contribution in [3.8, 4) is 0 Å². The predicted octanol–water partition coefficient (Wildman–Crippen LogP) is 2.89. The molecule has 1 amide bonds. The Hall–Kier alpha value is -0.770. The van der Waals surface area contributed by atoms with E-state index in [0.29, 0.717) is 11.1 Å². The number of aryl methyl sites for hydroxylation is 1. The molecule has 0 unspecified atom stereocenters. The first kappa shape index (κ1) is 16.3. The average Bonchev–Trinajstić information content (AvgIpc) is 2.38. The van der Waals surface area contributed by atoms with Crippen molar-refractivity contribution in [1.29, 1.82) is 0 Å². The van der Waals surface area contributed by atoms with Crippen LogP contribution in [0.25, 0.3) is 0 Å². The Morgan fingerprint density at radius 2 is 2.00 bits per heavy atom. The summed E-state index contributed by atoms with van der Waals surface area (Å²) < 4.78 is 0. The third-order valence-corrected chi connectivity index (χ3v) is 3.84. The summed E-state index contributed by atoms with van der Waals surface area (Å²) in [6.07, 6.45) is 2.05. The van der Waals surface area contributed by atoms with Gasteiger partial charge in [0.25, 0.3) is 5.91 Å². The standard InChI is InChI=1S/C14H19ClN2O.ClH/c1-10-9-11(15)3-4-13(10)14(18)17-7-5-12(16-2)6-8-17;/h3-4,9,12,16H,5-8H2,1-2H3;1H. The number of nitrogens with zero attached hydrogens (tertiary/aromatic N) is 1. The Morgan fingerprint density at radius 3 is 2.53 bits per heavy atom. The minimum atomic E-state index is 0. The molecule has 1 fully saturated rings. The summed E-state index contributed by atoms with van der Waals surface area (Å²) in [5.41, 5.74) is 1.71. The van der Waals surface area contributed by atoms with Gasteiger partial charge >= 0.3 is 0 Å². The van der Waals surface area contributed by atoms with Crippen molar-refractivity contribution in [2.45, 2.75) is 25.8 Å². The van der Waals surface area contributed by atoms with Crippen LogP contribution in [0.3, 0.4) is 0 Å². The first-order chi connectivity index (χ1) is 8.61. The Balaban J connectivity index is 0.00000180. The van der Waals surface area contributed by atoms with E-state index >= 15 is 0 Å². The molecule has 0 radical (unpaired) electrons. The van der Waals surface area contributed by atoms with E-state index in [1.807, 2.05) is 31.0 Å². The Morgan fingerprint density at radius 1 is 1.37 bits per heavy atom. The number of carbonyl (C=O) groups is 1. The van der Waals surface area contributed by atoms with Crippen molar-refractivity contribution in [1.82, 2.24) is 10.2 Å². The first-order valence-corrected chi connectivity index (χ1v) is 6.72. The van der Waals surface area contributed by atoms with Gasteiger partial charge in [-0.15, -0.1) is 12.4 Å². The van der Waals surface area contributed by atoms with E-state index in [1.54, 1.807) is 6.07 Å². The maximum Gasteiger partial charge on any atom is 0.254 e. The molecule has 3 nitrogen and oxygen atoms in total. The second kappa shape index (κ2) is 7.13. The van der Waals surface area contributed by atoms with Gasteiger partial charge < -0.3 is 10.2 Å². The van der Waals surface area contributed by atoms with Gasteiger partial charge in [-0.25, -0.2) is 0 Å². The minimum absolute atomic E-state index is 0. The molecule has 1 aliphatic heterocycles. The third-order valence-electron chi connectivity index (χ3n) is 3.61. The first-order valence-electron chi connectivity index (χ1n) is 6.34. The third kappa shape index (κ3) is 3.85. The van der Waals surface area contributed by atoms with Crippen LogP contribution >= 0.6 is 24.0 Å². The number of rotatable bonds is 2. The molecule has 0 spiro atoms. The van der Waals surface area contributed by atoms with Crippen molar-refractivity contribution in [3.63, 3.8) is 0 Å². The van der Waals surface area contributed by atoms with Crippen LogP contribution in [0.2, 0.25) is 5.02 Å². The lowest BCUT2D eigenvalue weighted by Gasteiger charge is -2.32. The molecule has 0 aromatic heterocycles. The van der Waals surface area contributed by atoms with E-state index in [4.69, 9.17) is 11.6 Å². The minimum Gasteiger partial charge on any atom is -0.339 e. The van der Waals surface area contributed by atoms with Crippen molar-refractivity contribution in [3.05, 3.63) is 34.3 Å². The van der Waals surface area contributed by atoms with Gasteiger partial charge in [-0.1, -0.05) is 11.6 Å². The number of carbonyl (C=O) groups excluding carboxylic acids is 1. The summed E-state index contributed by atoms with van der Waals surface area (Å²) in [6.45, 7) is 3.58. The molecule has 1 saturated heterocycles. The van der Waals surface area contributed by atoms with Crippen LogP contribution in [0.5, 0.6) is 0 Å². The van der Waals surface area contributed by atoms with E-state index in [0.717, 1.165) is 37.1 Å². The fourth-order valence-corrected chi connectivity index (χ4v) is 2.64. The maximum absolute atomic E-state index is 12.4. The van der Waals surface area contributed by atoms with Crippen LogP contribution in [0.1, 0.15) is 28.8 Å². The molecule has 1 aromatic carbocycles. The van der Waals surface area contributed by atoms with Gasteiger partial charge in [-0.05, 0) is 50.6 Å². The van der Waals surface area contributed by atoms with Gasteiger partial charge in [0.05, 0.1) is 0 Å². The van der Waals surface area contributed by atoms with Crippen LogP contribution < -0.4 is 5.32 Å². The zero-order valence-electron chi connectivity index (χ0n) is 11.3. The van der Waals surface area contributed by atoms with Crippen LogP contribution in [0, 0.1) is 6.92 Å². The van der Waals surface area contributed by atoms with E-state index in [9.17, 15) is 4.79 Å². The molecule has 0 atom stereocenters. The topological polar surface area (TPSA) is 32.3 Å². The van der Waals surface area contributed by atoms with E-state index in [1.165, 1.54) is 0 Å². The summed E-state index contributed by atoms with van der Waals surface area (Å²) in [6, 6.07) is 5.99. The van der Waals surface area contributed by atoms with Crippen molar-refractivity contribution >= 4 is 29.9 Å². The van der Waals surface area contributed by atoms with E-state index < -0.39 is 0 Å². The van der Waals surface area contributed by atoms with Crippen LogP contribution in [-0.4, -0.2) is 37.0 Å². The number of amides is 1. The highest BCUT2D eigenvalue weighted by molar-refractivity contribution is 6.30. The highest BCUT2D eigenvalue weighted by Gasteiger charge is 2.23. The van der Waals surface area contributed by atoms with Crippen LogP contribution in [-0.2, 0) is 0 Å². The molecule has 1 N–H and O–H groups in total. The smallest absolute Gasteiger partial charge is 0.254 e. The SMILES string of the molecule is CNC1CCN(C(=O)c2ccc(Cl)cc2C)CC1.Cl. The van der Waals surface area contributed by atoms with Gasteiger partial charge in [0, 0.05) is 29.7 Å².